The van der Waals surface area contributed by atoms with E-state index in [1.807, 2.05) is 4.90 Å². The first-order valence-electron chi connectivity index (χ1n) is 11.2. The number of amides is 1. The Balaban J connectivity index is 1.76. The molecule has 0 aromatic heterocycles. The monoisotopic (exact) mass is 473 g/mol. The summed E-state index contributed by atoms with van der Waals surface area (Å²) in [6.07, 6.45) is 0.371. The molecule has 2 saturated heterocycles. The van der Waals surface area contributed by atoms with Gasteiger partial charge in [0.05, 0.1) is 18.1 Å². The van der Waals surface area contributed by atoms with Crippen LogP contribution in [0.1, 0.15) is 33.6 Å². The maximum absolute atomic E-state index is 14.8. The van der Waals surface area contributed by atoms with Crippen LogP contribution in [0.4, 0.5) is 26.2 Å². The third-order valence-electron chi connectivity index (χ3n) is 5.79. The molecule has 0 atom stereocenters. The Morgan fingerprint density at radius 1 is 1.15 bits per heavy atom. The maximum Gasteiger partial charge on any atom is 0.412 e. The van der Waals surface area contributed by atoms with E-state index in [9.17, 15) is 19.3 Å². The lowest BCUT2D eigenvalue weighted by molar-refractivity contribution is -0.383. The molecule has 9 nitrogen and oxygen atoms in total. The summed E-state index contributed by atoms with van der Waals surface area (Å²) in [5.41, 5.74) is 0.000273. The second kappa shape index (κ2) is 9.19. The molecular weight excluding hydrogens is 445 g/mol. The highest BCUT2D eigenvalue weighted by molar-refractivity contribution is 5.93. The molecule has 0 radical (unpaired) electrons. The van der Waals surface area contributed by atoms with Crippen molar-refractivity contribution in [1.82, 2.24) is 0 Å². The average Bonchev–Trinajstić information content (AvgIpc) is 3.21. The Labute approximate surface area is 196 Å². The summed E-state index contributed by atoms with van der Waals surface area (Å²) in [6.45, 7) is 7.25. The molecule has 1 amide bonds. The average molecular weight is 474 g/mol. The van der Waals surface area contributed by atoms with E-state index in [0.29, 0.717) is 50.4 Å². The van der Waals surface area contributed by atoms with Crippen LogP contribution in [0.25, 0.3) is 11.1 Å². The van der Waals surface area contributed by atoms with Gasteiger partial charge in [-0.15, -0.1) is 0 Å². The number of nitrogens with one attached hydrogen (secondary N) is 1. The largest absolute Gasteiger partial charge is 0.444 e. The summed E-state index contributed by atoms with van der Waals surface area (Å²) >= 11 is 0. The minimum absolute atomic E-state index is 0.0250. The number of hydrogen-bond acceptors (Lipinski definition) is 7. The van der Waals surface area contributed by atoms with E-state index < -0.39 is 28.2 Å². The fourth-order valence-corrected chi connectivity index (χ4v) is 4.27. The van der Waals surface area contributed by atoms with Crippen molar-refractivity contribution in [1.29, 1.82) is 0 Å². The number of anilines is 2. The van der Waals surface area contributed by atoms with Gasteiger partial charge in [-0.3, -0.25) is 15.4 Å². The van der Waals surface area contributed by atoms with Crippen molar-refractivity contribution in [2.24, 2.45) is 0 Å². The third kappa shape index (κ3) is 5.13. The topological polar surface area (TPSA) is 103 Å². The van der Waals surface area contributed by atoms with Crippen LogP contribution in [-0.2, 0) is 14.2 Å². The first-order chi connectivity index (χ1) is 16.1. The van der Waals surface area contributed by atoms with E-state index in [1.165, 1.54) is 18.2 Å². The zero-order chi connectivity index (χ0) is 24.5. The molecule has 1 spiro atoms. The maximum atomic E-state index is 14.8. The summed E-state index contributed by atoms with van der Waals surface area (Å²) in [4.78, 5) is 25.7. The molecule has 2 aliphatic rings. The molecular formula is C24H28FN3O6. The predicted molar refractivity (Wildman–Crippen MR) is 124 cm³/mol. The smallest absolute Gasteiger partial charge is 0.412 e. The molecule has 2 heterocycles. The van der Waals surface area contributed by atoms with Crippen molar-refractivity contribution in [2.75, 3.05) is 36.5 Å². The Morgan fingerprint density at radius 3 is 2.38 bits per heavy atom. The summed E-state index contributed by atoms with van der Waals surface area (Å²) in [5.74, 6) is -1.12. The van der Waals surface area contributed by atoms with E-state index in [2.05, 4.69) is 5.32 Å². The fourth-order valence-electron chi connectivity index (χ4n) is 4.27. The lowest BCUT2D eigenvalue weighted by atomic mass is 9.97. The molecule has 0 bridgehead atoms. The van der Waals surface area contributed by atoms with Gasteiger partial charge in [0.25, 0.3) is 5.69 Å². The summed E-state index contributed by atoms with van der Waals surface area (Å²) in [6, 6.07) is 8.93. The second-order valence-corrected chi connectivity index (χ2v) is 9.35. The van der Waals surface area contributed by atoms with Gasteiger partial charge in [0.2, 0.25) is 0 Å². The SMILES string of the molecule is CC(C)(C)OC(=O)Nc1cc(N2CCC3(CC2)OCCO3)c(-c2ccccc2F)cc1[N+](=O)[O-]. The Kier molecular flexibility index (Phi) is 6.46. The standard InChI is InChI=1S/C24H28FN3O6/c1-23(2,3)34-22(29)26-19-15-20(27-10-8-24(9-11-27)32-12-13-33-24)17(14-21(19)28(30)31)16-6-4-5-7-18(16)25/h4-7,14-15H,8-13H2,1-3H3,(H,26,29). The molecule has 34 heavy (non-hydrogen) atoms. The lowest BCUT2D eigenvalue weighted by Crippen LogP contribution is -2.45. The van der Waals surface area contributed by atoms with E-state index >= 15 is 0 Å². The fraction of sp³-hybridized carbons (Fsp3) is 0.458. The van der Waals surface area contributed by atoms with Gasteiger partial charge < -0.3 is 19.1 Å². The number of rotatable bonds is 4. The highest BCUT2D eigenvalue weighted by Crippen LogP contribution is 2.42. The van der Waals surface area contributed by atoms with Gasteiger partial charge in [-0.05, 0) is 32.9 Å². The van der Waals surface area contributed by atoms with Crippen molar-refractivity contribution < 1.29 is 28.3 Å². The van der Waals surface area contributed by atoms with E-state index in [1.54, 1.807) is 39.0 Å². The second-order valence-electron chi connectivity index (χ2n) is 9.35. The first-order valence-corrected chi connectivity index (χ1v) is 11.2. The van der Waals surface area contributed by atoms with Crippen molar-refractivity contribution in [2.45, 2.75) is 45.0 Å². The van der Waals surface area contributed by atoms with Crippen LogP contribution in [0, 0.1) is 15.9 Å². The van der Waals surface area contributed by atoms with Crippen LogP contribution in [0.2, 0.25) is 0 Å². The van der Waals surface area contributed by atoms with Gasteiger partial charge in [0.1, 0.15) is 17.1 Å². The van der Waals surface area contributed by atoms with Gasteiger partial charge >= 0.3 is 6.09 Å². The number of nitro benzene ring substituents is 1. The molecule has 4 rings (SSSR count). The lowest BCUT2D eigenvalue weighted by Gasteiger charge is -2.39. The molecule has 10 heteroatoms. The number of nitro groups is 1. The summed E-state index contributed by atoms with van der Waals surface area (Å²) in [5, 5.41) is 14.4. The molecule has 2 aromatic rings. The number of halogens is 1. The zero-order valence-electron chi connectivity index (χ0n) is 19.4. The molecule has 2 aromatic carbocycles. The molecule has 182 valence electrons. The zero-order valence-corrected chi connectivity index (χ0v) is 19.4. The van der Waals surface area contributed by atoms with Crippen LogP contribution in [0.5, 0.6) is 0 Å². The molecule has 0 saturated carbocycles. The Hall–Kier alpha value is -3.24. The number of benzene rings is 2. The normalized spacial score (nSPS) is 17.6. The molecule has 0 unspecified atom stereocenters. The Bertz CT molecular complexity index is 1080. The van der Waals surface area contributed by atoms with Crippen molar-refractivity contribution in [3.05, 3.63) is 52.3 Å². The predicted octanol–water partition coefficient (Wildman–Crippen LogP) is 5.09. The van der Waals surface area contributed by atoms with Gasteiger partial charge in [0, 0.05) is 48.8 Å². The highest BCUT2D eigenvalue weighted by Gasteiger charge is 2.40. The number of ether oxygens (including phenoxy) is 3. The minimum atomic E-state index is -0.814. The van der Waals surface area contributed by atoms with Crippen molar-refractivity contribution >= 4 is 23.2 Å². The molecule has 2 aliphatic heterocycles. The van der Waals surface area contributed by atoms with E-state index in [0.717, 1.165) is 0 Å². The summed E-state index contributed by atoms with van der Waals surface area (Å²) < 4.78 is 31.7. The van der Waals surface area contributed by atoms with Gasteiger partial charge in [0.15, 0.2) is 5.79 Å². The van der Waals surface area contributed by atoms with E-state index in [4.69, 9.17) is 14.2 Å². The van der Waals surface area contributed by atoms with Crippen molar-refractivity contribution in [3.8, 4) is 11.1 Å². The minimum Gasteiger partial charge on any atom is -0.444 e. The first kappa shape index (κ1) is 23.9. The molecule has 1 N–H and O–H groups in total. The number of carbonyl (C=O) groups excluding carboxylic acids is 1. The van der Waals surface area contributed by atoms with Gasteiger partial charge in [-0.25, -0.2) is 9.18 Å². The quantitative estimate of drug-likeness (QED) is 0.487. The number of nitrogens with zero attached hydrogens (tertiary/aromatic N) is 2. The van der Waals surface area contributed by atoms with Gasteiger partial charge in [-0.1, -0.05) is 18.2 Å². The van der Waals surface area contributed by atoms with Crippen LogP contribution >= 0.6 is 0 Å². The van der Waals surface area contributed by atoms with Crippen LogP contribution in [0.15, 0.2) is 36.4 Å². The molecule has 2 fully saturated rings. The van der Waals surface area contributed by atoms with E-state index in [-0.39, 0.29) is 16.9 Å². The Morgan fingerprint density at radius 2 is 1.79 bits per heavy atom. The molecule has 0 aliphatic carbocycles. The van der Waals surface area contributed by atoms with Crippen LogP contribution in [-0.4, -0.2) is 48.7 Å². The summed E-state index contributed by atoms with van der Waals surface area (Å²) in [7, 11) is 0. The number of piperidine rings is 1. The van der Waals surface area contributed by atoms with Crippen molar-refractivity contribution in [3.63, 3.8) is 0 Å². The highest BCUT2D eigenvalue weighted by atomic mass is 19.1. The van der Waals surface area contributed by atoms with Crippen LogP contribution in [0.3, 0.4) is 0 Å². The number of carbonyl (C=O) groups is 1. The third-order valence-corrected chi connectivity index (χ3v) is 5.79. The number of hydrogen-bond donors (Lipinski definition) is 1. The van der Waals surface area contributed by atoms with Crippen LogP contribution < -0.4 is 10.2 Å². The van der Waals surface area contributed by atoms with Gasteiger partial charge in [-0.2, -0.15) is 0 Å².